The highest BCUT2D eigenvalue weighted by Crippen LogP contribution is 2.19. The van der Waals surface area contributed by atoms with Crippen molar-refractivity contribution in [1.82, 2.24) is 0 Å². The van der Waals surface area contributed by atoms with Gasteiger partial charge in [0.1, 0.15) is 5.82 Å². The van der Waals surface area contributed by atoms with Crippen molar-refractivity contribution in [1.29, 1.82) is 0 Å². The molecular weight excluding hydrogens is 199 g/mol. The van der Waals surface area contributed by atoms with Crippen LogP contribution in [0.15, 0.2) is 49.1 Å². The lowest BCUT2D eigenvalue weighted by Gasteiger charge is -2.05. The summed E-state index contributed by atoms with van der Waals surface area (Å²) in [5.74, 6) is -0.133. The van der Waals surface area contributed by atoms with E-state index in [0.717, 1.165) is 23.1 Å². The van der Waals surface area contributed by atoms with E-state index in [1.807, 2.05) is 44.2 Å². The summed E-state index contributed by atoms with van der Waals surface area (Å²) >= 11 is 0. The Hall–Kier alpha value is -1.63. The van der Waals surface area contributed by atoms with Crippen LogP contribution in [0, 0.1) is 5.82 Å². The minimum Gasteiger partial charge on any atom is -0.207 e. The second-order valence-electron chi connectivity index (χ2n) is 3.50. The fraction of sp³-hybridized carbons (Fsp3) is 0.200. The minimum absolute atomic E-state index is 0.133. The van der Waals surface area contributed by atoms with Gasteiger partial charge in [-0.05, 0) is 36.1 Å². The van der Waals surface area contributed by atoms with Crippen molar-refractivity contribution in [3.63, 3.8) is 0 Å². The van der Waals surface area contributed by atoms with Crippen LogP contribution in [0.2, 0.25) is 0 Å². The summed E-state index contributed by atoms with van der Waals surface area (Å²) in [6.45, 7) is 7.51. The van der Waals surface area contributed by atoms with Crippen LogP contribution in [0.3, 0.4) is 0 Å². The highest BCUT2D eigenvalue weighted by molar-refractivity contribution is 5.74. The average Bonchev–Trinajstić information content (AvgIpc) is 2.30. The zero-order valence-corrected chi connectivity index (χ0v) is 9.83. The van der Waals surface area contributed by atoms with Crippen LogP contribution in [0.1, 0.15) is 25.0 Å². The van der Waals surface area contributed by atoms with Gasteiger partial charge in [0.2, 0.25) is 0 Å². The summed E-state index contributed by atoms with van der Waals surface area (Å²) < 4.78 is 13.6. The fourth-order valence-corrected chi connectivity index (χ4v) is 1.54. The van der Waals surface area contributed by atoms with Crippen LogP contribution in [-0.2, 0) is 6.42 Å². The molecule has 1 rings (SSSR count). The van der Waals surface area contributed by atoms with E-state index in [2.05, 4.69) is 6.58 Å². The van der Waals surface area contributed by atoms with Crippen LogP contribution in [0.5, 0.6) is 0 Å². The Labute approximate surface area is 96.8 Å². The first kappa shape index (κ1) is 12.4. The molecule has 0 heterocycles. The van der Waals surface area contributed by atoms with Gasteiger partial charge in [0.15, 0.2) is 0 Å². The largest absolute Gasteiger partial charge is 0.207 e. The molecule has 0 aliphatic heterocycles. The van der Waals surface area contributed by atoms with Gasteiger partial charge in [-0.25, -0.2) is 4.39 Å². The smallest absolute Gasteiger partial charge is 0.127 e. The third-order valence-corrected chi connectivity index (χ3v) is 2.49. The molecule has 0 unspecified atom stereocenters. The normalized spacial score (nSPS) is 12.1. The maximum absolute atomic E-state index is 13.6. The highest BCUT2D eigenvalue weighted by Gasteiger charge is 2.03. The van der Waals surface area contributed by atoms with Gasteiger partial charge in [-0.2, -0.15) is 0 Å². The summed E-state index contributed by atoms with van der Waals surface area (Å²) in [6, 6.07) is 5.38. The highest BCUT2D eigenvalue weighted by atomic mass is 19.1. The number of halogens is 1. The van der Waals surface area contributed by atoms with Crippen LogP contribution >= 0.6 is 0 Å². The molecule has 0 aliphatic carbocycles. The van der Waals surface area contributed by atoms with Gasteiger partial charge in [-0.3, -0.25) is 0 Å². The summed E-state index contributed by atoms with van der Waals surface area (Å²) in [4.78, 5) is 0. The van der Waals surface area contributed by atoms with E-state index in [-0.39, 0.29) is 5.82 Å². The second-order valence-corrected chi connectivity index (χ2v) is 3.50. The second kappa shape index (κ2) is 6.06. The Bertz CT molecular complexity index is 425. The average molecular weight is 216 g/mol. The summed E-state index contributed by atoms with van der Waals surface area (Å²) in [5, 5.41) is 0. The first-order valence-electron chi connectivity index (χ1n) is 5.47. The third-order valence-electron chi connectivity index (χ3n) is 2.49. The van der Waals surface area contributed by atoms with E-state index in [4.69, 9.17) is 0 Å². The van der Waals surface area contributed by atoms with E-state index in [9.17, 15) is 4.39 Å². The molecule has 0 amide bonds. The van der Waals surface area contributed by atoms with E-state index >= 15 is 0 Å². The van der Waals surface area contributed by atoms with Crippen molar-refractivity contribution in [2.75, 3.05) is 0 Å². The van der Waals surface area contributed by atoms with Crippen molar-refractivity contribution in [3.8, 4) is 0 Å². The number of benzene rings is 1. The Morgan fingerprint density at radius 3 is 2.69 bits per heavy atom. The van der Waals surface area contributed by atoms with Gasteiger partial charge in [0.05, 0.1) is 0 Å². The van der Waals surface area contributed by atoms with Crippen LogP contribution in [-0.4, -0.2) is 0 Å². The third kappa shape index (κ3) is 2.93. The molecule has 0 atom stereocenters. The van der Waals surface area contributed by atoms with E-state index in [0.29, 0.717) is 0 Å². The van der Waals surface area contributed by atoms with Crippen molar-refractivity contribution in [2.24, 2.45) is 0 Å². The number of rotatable bonds is 4. The molecule has 16 heavy (non-hydrogen) atoms. The Kier molecular flexibility index (Phi) is 4.71. The summed E-state index contributed by atoms with van der Waals surface area (Å²) in [6.07, 6.45) is 8.16. The van der Waals surface area contributed by atoms with Gasteiger partial charge >= 0.3 is 0 Å². The molecule has 84 valence electrons. The van der Waals surface area contributed by atoms with E-state index in [1.165, 1.54) is 0 Å². The molecule has 0 saturated heterocycles. The molecule has 0 bridgehead atoms. The lowest BCUT2D eigenvalue weighted by molar-refractivity contribution is 0.612. The molecule has 0 aromatic heterocycles. The van der Waals surface area contributed by atoms with Crippen molar-refractivity contribution in [2.45, 2.75) is 20.3 Å². The van der Waals surface area contributed by atoms with Crippen molar-refractivity contribution >= 4 is 5.57 Å². The monoisotopic (exact) mass is 216 g/mol. The molecule has 1 heteroatoms. The summed E-state index contributed by atoms with van der Waals surface area (Å²) in [7, 11) is 0. The quantitative estimate of drug-likeness (QED) is 0.648. The molecule has 1 aromatic rings. The lowest BCUT2D eigenvalue weighted by Crippen LogP contribution is -1.90. The van der Waals surface area contributed by atoms with E-state index < -0.39 is 0 Å². The number of hydrogen-bond donors (Lipinski definition) is 0. The van der Waals surface area contributed by atoms with Gasteiger partial charge < -0.3 is 0 Å². The molecule has 0 saturated carbocycles. The molecule has 0 N–H and O–H groups in total. The molecule has 1 aromatic carbocycles. The predicted molar refractivity (Wildman–Crippen MR) is 68.8 cm³/mol. The number of hydrogen-bond acceptors (Lipinski definition) is 0. The van der Waals surface area contributed by atoms with Crippen LogP contribution in [0.4, 0.5) is 4.39 Å². The molecule has 0 aliphatic rings. The Morgan fingerprint density at radius 2 is 2.19 bits per heavy atom. The van der Waals surface area contributed by atoms with Crippen molar-refractivity contribution in [3.05, 3.63) is 66.0 Å². The molecule has 0 fully saturated rings. The van der Waals surface area contributed by atoms with E-state index in [1.54, 1.807) is 12.1 Å². The number of allylic oxidation sites excluding steroid dienone is 5. The molecule has 0 spiro atoms. The number of aryl methyl sites for hydroxylation is 1. The molecular formula is C15H17F. The van der Waals surface area contributed by atoms with Crippen LogP contribution < -0.4 is 0 Å². The maximum Gasteiger partial charge on any atom is 0.127 e. The first-order valence-corrected chi connectivity index (χ1v) is 5.47. The van der Waals surface area contributed by atoms with Gasteiger partial charge in [-0.1, -0.05) is 49.9 Å². The van der Waals surface area contributed by atoms with Gasteiger partial charge in [0.25, 0.3) is 0 Å². The zero-order chi connectivity index (χ0) is 12.0. The first-order chi connectivity index (χ1) is 7.72. The molecule has 0 radical (unpaired) electrons. The van der Waals surface area contributed by atoms with Gasteiger partial charge in [0, 0.05) is 0 Å². The fourth-order valence-electron chi connectivity index (χ4n) is 1.54. The minimum atomic E-state index is -0.133. The SMILES string of the molecule is C=C/C=C\C(=C/C)c1ccc(CC)c(F)c1. The topological polar surface area (TPSA) is 0 Å². The lowest BCUT2D eigenvalue weighted by atomic mass is 10.0. The standard InChI is InChI=1S/C15H17F/c1-4-7-8-12(5-2)14-10-9-13(6-3)15(16)11-14/h4-5,7-11H,1,6H2,2-3H3/b8-7-,12-5+. The molecule has 0 nitrogen and oxygen atoms in total. The van der Waals surface area contributed by atoms with Crippen molar-refractivity contribution < 1.29 is 4.39 Å². The summed E-state index contributed by atoms with van der Waals surface area (Å²) in [5.41, 5.74) is 2.66. The Balaban J connectivity index is 3.08. The predicted octanol–water partition coefficient (Wildman–Crippen LogP) is 4.53. The zero-order valence-electron chi connectivity index (χ0n) is 9.83. The van der Waals surface area contributed by atoms with Crippen LogP contribution in [0.25, 0.3) is 5.57 Å². The van der Waals surface area contributed by atoms with Gasteiger partial charge in [-0.15, -0.1) is 0 Å². The Morgan fingerprint density at radius 1 is 1.44 bits per heavy atom. The maximum atomic E-state index is 13.6.